The topological polar surface area (TPSA) is 53.1 Å². The number of benzene rings is 1. The second-order valence-corrected chi connectivity index (χ2v) is 7.23. The average Bonchev–Trinajstić information content (AvgIpc) is 3.40. The van der Waals surface area contributed by atoms with Crippen molar-refractivity contribution in [2.45, 2.75) is 24.9 Å². The van der Waals surface area contributed by atoms with Gasteiger partial charge in [0.05, 0.1) is 16.3 Å². The Morgan fingerprint density at radius 3 is 2.56 bits per heavy atom. The number of halogens is 4. The van der Waals surface area contributed by atoms with Crippen LogP contribution in [0.2, 0.25) is 5.02 Å². The van der Waals surface area contributed by atoms with Crippen molar-refractivity contribution in [1.82, 2.24) is 14.9 Å². The van der Waals surface area contributed by atoms with E-state index in [1.54, 1.807) is 6.07 Å². The second kappa shape index (κ2) is 7.90. The smallest absolute Gasteiger partial charge is 0.353 e. The molecular weight excluding hydrogens is 379 g/mol. The van der Waals surface area contributed by atoms with Crippen LogP contribution in [0.25, 0.3) is 0 Å². The fourth-order valence-electron chi connectivity index (χ4n) is 2.56. The van der Waals surface area contributed by atoms with E-state index in [4.69, 9.17) is 11.6 Å². The Kier molecular flexibility index (Phi) is 5.76. The van der Waals surface area contributed by atoms with Crippen LogP contribution in [0.1, 0.15) is 30.0 Å². The van der Waals surface area contributed by atoms with Crippen molar-refractivity contribution in [3.63, 3.8) is 0 Å². The largest absolute Gasteiger partial charge is 0.417 e. The molecule has 9 heteroatoms. The van der Waals surface area contributed by atoms with Gasteiger partial charge in [-0.25, -0.2) is 4.98 Å². The quantitative estimate of drug-likeness (QED) is 0.704. The first-order valence-corrected chi connectivity index (χ1v) is 9.01. The molecule has 2 aromatic rings. The van der Waals surface area contributed by atoms with Gasteiger partial charge in [0.25, 0.3) is 0 Å². The summed E-state index contributed by atoms with van der Waals surface area (Å²) in [6, 6.07) is 5.50. The highest BCUT2D eigenvalue weighted by Crippen LogP contribution is 2.40. The first-order valence-electron chi connectivity index (χ1n) is 8.64. The summed E-state index contributed by atoms with van der Waals surface area (Å²) in [5.41, 5.74) is 0.284. The van der Waals surface area contributed by atoms with Gasteiger partial charge in [0.15, 0.2) is 0 Å². The minimum Gasteiger partial charge on any atom is -0.353 e. The molecule has 0 saturated heterocycles. The fraction of sp³-hybridized carbons (Fsp3) is 0.444. The molecule has 1 saturated carbocycles. The zero-order valence-electron chi connectivity index (χ0n) is 15.1. The van der Waals surface area contributed by atoms with E-state index >= 15 is 0 Å². The number of aromatic nitrogens is 2. The summed E-state index contributed by atoms with van der Waals surface area (Å²) in [5, 5.41) is 5.78. The molecule has 0 radical (unpaired) electrons. The molecule has 0 amide bonds. The lowest BCUT2D eigenvalue weighted by atomic mass is 10.2. The third-order valence-corrected chi connectivity index (χ3v) is 4.46. The number of alkyl halides is 3. The average molecular weight is 400 g/mol. The van der Waals surface area contributed by atoms with Crippen LogP contribution < -0.4 is 10.6 Å². The van der Waals surface area contributed by atoms with Gasteiger partial charge >= 0.3 is 6.18 Å². The summed E-state index contributed by atoms with van der Waals surface area (Å²) in [6.07, 6.45) is -2.39. The van der Waals surface area contributed by atoms with Crippen LogP contribution in [0.5, 0.6) is 0 Å². The predicted octanol–water partition coefficient (Wildman–Crippen LogP) is 4.74. The predicted molar refractivity (Wildman–Crippen MR) is 101 cm³/mol. The van der Waals surface area contributed by atoms with Crippen LogP contribution in [-0.4, -0.2) is 42.1 Å². The fourth-order valence-corrected chi connectivity index (χ4v) is 2.78. The third kappa shape index (κ3) is 5.46. The SMILES string of the molecule is CN(C)CCNc1nc(Nc2ccc(Cl)c(C(F)(F)F)c2)cc(C2CC2)n1. The lowest BCUT2D eigenvalue weighted by Gasteiger charge is -2.14. The van der Waals surface area contributed by atoms with Gasteiger partial charge in [0.2, 0.25) is 5.95 Å². The number of likely N-dealkylation sites (N-methyl/N-ethyl adjacent to an activating group) is 1. The highest BCUT2D eigenvalue weighted by atomic mass is 35.5. The molecule has 5 nitrogen and oxygen atoms in total. The first kappa shape index (κ1) is 19.7. The maximum absolute atomic E-state index is 13.1. The van der Waals surface area contributed by atoms with Crippen LogP contribution in [0.4, 0.5) is 30.6 Å². The maximum atomic E-state index is 13.1. The van der Waals surface area contributed by atoms with E-state index in [1.807, 2.05) is 19.0 Å². The Morgan fingerprint density at radius 1 is 1.19 bits per heavy atom. The third-order valence-electron chi connectivity index (χ3n) is 4.13. The number of rotatable bonds is 7. The van der Waals surface area contributed by atoms with Gasteiger partial charge in [0.1, 0.15) is 5.82 Å². The molecule has 0 aliphatic heterocycles. The molecule has 1 aliphatic carbocycles. The molecule has 146 valence electrons. The molecular formula is C18H21ClF3N5. The Morgan fingerprint density at radius 2 is 1.93 bits per heavy atom. The molecule has 1 aromatic carbocycles. The first-order chi connectivity index (χ1) is 12.7. The molecule has 0 atom stereocenters. The van der Waals surface area contributed by atoms with Crippen molar-refractivity contribution in [2.75, 3.05) is 37.8 Å². The summed E-state index contributed by atoms with van der Waals surface area (Å²) in [7, 11) is 3.93. The summed E-state index contributed by atoms with van der Waals surface area (Å²) < 4.78 is 39.2. The zero-order valence-corrected chi connectivity index (χ0v) is 15.8. The van der Waals surface area contributed by atoms with Gasteiger partial charge in [0, 0.05) is 30.8 Å². The molecule has 0 unspecified atom stereocenters. The van der Waals surface area contributed by atoms with Gasteiger partial charge < -0.3 is 15.5 Å². The van der Waals surface area contributed by atoms with E-state index in [1.165, 1.54) is 12.1 Å². The Balaban J connectivity index is 1.82. The van der Waals surface area contributed by atoms with E-state index in [0.29, 0.717) is 24.2 Å². The highest BCUT2D eigenvalue weighted by molar-refractivity contribution is 6.31. The van der Waals surface area contributed by atoms with E-state index in [-0.39, 0.29) is 10.7 Å². The Labute approximate surface area is 161 Å². The van der Waals surface area contributed by atoms with E-state index < -0.39 is 11.7 Å². The lowest BCUT2D eigenvalue weighted by Crippen LogP contribution is -2.21. The highest BCUT2D eigenvalue weighted by Gasteiger charge is 2.33. The van der Waals surface area contributed by atoms with Crippen molar-refractivity contribution in [1.29, 1.82) is 0 Å². The molecule has 3 rings (SSSR count). The van der Waals surface area contributed by atoms with Gasteiger partial charge in [-0.3, -0.25) is 0 Å². The van der Waals surface area contributed by atoms with Crippen molar-refractivity contribution < 1.29 is 13.2 Å². The summed E-state index contributed by atoms with van der Waals surface area (Å²) in [6.45, 7) is 1.48. The minimum atomic E-state index is -4.52. The van der Waals surface area contributed by atoms with Crippen molar-refractivity contribution in [3.05, 3.63) is 40.5 Å². The number of hydrogen-bond acceptors (Lipinski definition) is 5. The Hall–Kier alpha value is -2.06. The minimum absolute atomic E-state index is 0.270. The molecule has 1 fully saturated rings. The molecule has 1 aromatic heterocycles. The molecule has 2 N–H and O–H groups in total. The Bertz CT molecular complexity index is 806. The maximum Gasteiger partial charge on any atom is 0.417 e. The van der Waals surface area contributed by atoms with Gasteiger partial charge in [-0.05, 0) is 45.1 Å². The molecule has 0 bridgehead atoms. The van der Waals surface area contributed by atoms with E-state index in [0.717, 1.165) is 31.1 Å². The summed E-state index contributed by atoms with van der Waals surface area (Å²) >= 11 is 5.68. The lowest BCUT2D eigenvalue weighted by molar-refractivity contribution is -0.137. The van der Waals surface area contributed by atoms with Crippen LogP contribution in [0.3, 0.4) is 0 Å². The molecule has 27 heavy (non-hydrogen) atoms. The standard InChI is InChI=1S/C18H21ClF3N5/c1-27(2)8-7-23-17-25-15(11-3-4-11)10-16(26-17)24-12-5-6-14(19)13(9-12)18(20,21)22/h5-6,9-11H,3-4,7-8H2,1-2H3,(H2,23,24,25,26). The molecule has 1 heterocycles. The van der Waals surface area contributed by atoms with Crippen LogP contribution >= 0.6 is 11.6 Å². The number of hydrogen-bond donors (Lipinski definition) is 2. The second-order valence-electron chi connectivity index (χ2n) is 6.82. The van der Waals surface area contributed by atoms with Gasteiger partial charge in [-0.2, -0.15) is 18.2 Å². The molecule has 0 spiro atoms. The summed E-state index contributed by atoms with van der Waals surface area (Å²) in [5.74, 6) is 1.31. The van der Waals surface area contributed by atoms with Gasteiger partial charge in [-0.15, -0.1) is 0 Å². The van der Waals surface area contributed by atoms with Crippen molar-refractivity contribution >= 4 is 29.1 Å². The van der Waals surface area contributed by atoms with E-state index in [2.05, 4.69) is 20.6 Å². The summed E-state index contributed by atoms with van der Waals surface area (Å²) in [4.78, 5) is 10.9. The zero-order chi connectivity index (χ0) is 19.6. The van der Waals surface area contributed by atoms with Crippen LogP contribution in [-0.2, 0) is 6.18 Å². The van der Waals surface area contributed by atoms with Crippen molar-refractivity contribution in [3.8, 4) is 0 Å². The normalized spacial score (nSPS) is 14.5. The monoisotopic (exact) mass is 399 g/mol. The van der Waals surface area contributed by atoms with Crippen LogP contribution in [0.15, 0.2) is 24.3 Å². The number of anilines is 3. The number of nitrogens with one attached hydrogen (secondary N) is 2. The van der Waals surface area contributed by atoms with Gasteiger partial charge in [-0.1, -0.05) is 11.6 Å². The van der Waals surface area contributed by atoms with E-state index in [9.17, 15) is 13.2 Å². The van der Waals surface area contributed by atoms with Crippen molar-refractivity contribution in [2.24, 2.45) is 0 Å². The molecule has 1 aliphatic rings. The number of nitrogens with zero attached hydrogens (tertiary/aromatic N) is 3. The van der Waals surface area contributed by atoms with Crippen LogP contribution in [0, 0.1) is 0 Å².